The molecule has 1 N–H and O–H groups in total. The maximum atomic E-state index is 13.3. The normalized spacial score (nSPS) is 17.0. The number of rotatable bonds is 6. The van der Waals surface area contributed by atoms with Gasteiger partial charge in [-0.25, -0.2) is 0 Å². The summed E-state index contributed by atoms with van der Waals surface area (Å²) in [5.41, 5.74) is 5.06. The summed E-state index contributed by atoms with van der Waals surface area (Å²) in [6, 6.07) is 14.1. The van der Waals surface area contributed by atoms with Crippen LogP contribution in [-0.2, 0) is 19.4 Å². The molecule has 5 rings (SSSR count). The Morgan fingerprint density at radius 3 is 2.79 bits per heavy atom. The lowest BCUT2D eigenvalue weighted by atomic mass is 10.00. The number of β-amino-alcohol motifs (C(OH)–C–C–N with tert-alkyl or cyclic N) is 1. The number of ether oxygens (including phenoxy) is 1. The van der Waals surface area contributed by atoms with Crippen molar-refractivity contribution in [2.24, 2.45) is 0 Å². The van der Waals surface area contributed by atoms with Crippen LogP contribution in [0.1, 0.15) is 32.7 Å². The van der Waals surface area contributed by atoms with Crippen LogP contribution < -0.4 is 4.74 Å². The Hall–Kier alpha value is -3.29. The number of aliphatic hydroxyl groups is 1. The summed E-state index contributed by atoms with van der Waals surface area (Å²) in [4.78, 5) is 25.7. The van der Waals surface area contributed by atoms with Gasteiger partial charge in [-0.05, 0) is 35.2 Å². The van der Waals surface area contributed by atoms with Crippen molar-refractivity contribution in [3.63, 3.8) is 0 Å². The highest BCUT2D eigenvalue weighted by Crippen LogP contribution is 2.26. The SMILES string of the molecule is O=C1c2cc(Cc3cnccn3)ccc2OCCN1C[C@H](O)CN1CCc2ccccc2C1. The average Bonchev–Trinajstić information content (AvgIpc) is 2.98. The van der Waals surface area contributed by atoms with Gasteiger partial charge in [-0.1, -0.05) is 30.3 Å². The van der Waals surface area contributed by atoms with E-state index in [0.717, 1.165) is 30.8 Å². The van der Waals surface area contributed by atoms with Gasteiger partial charge in [0.05, 0.1) is 23.9 Å². The average molecular weight is 445 g/mol. The Kier molecular flexibility index (Phi) is 6.32. The van der Waals surface area contributed by atoms with Crippen molar-refractivity contribution < 1.29 is 14.6 Å². The van der Waals surface area contributed by atoms with E-state index in [1.165, 1.54) is 11.1 Å². The van der Waals surface area contributed by atoms with Gasteiger partial charge in [0.25, 0.3) is 5.91 Å². The number of amides is 1. The summed E-state index contributed by atoms with van der Waals surface area (Å²) >= 11 is 0. The van der Waals surface area contributed by atoms with E-state index in [1.807, 2.05) is 18.2 Å². The largest absolute Gasteiger partial charge is 0.491 e. The van der Waals surface area contributed by atoms with E-state index in [9.17, 15) is 9.90 Å². The van der Waals surface area contributed by atoms with E-state index >= 15 is 0 Å². The summed E-state index contributed by atoms with van der Waals surface area (Å²) in [5, 5.41) is 10.8. The Bertz CT molecular complexity index is 1120. The summed E-state index contributed by atoms with van der Waals surface area (Å²) in [6.45, 7) is 3.43. The molecular weight excluding hydrogens is 416 g/mol. The molecule has 0 radical (unpaired) electrons. The number of hydrogen-bond acceptors (Lipinski definition) is 6. The zero-order valence-electron chi connectivity index (χ0n) is 18.6. The molecule has 1 amide bonds. The Balaban J connectivity index is 1.24. The topological polar surface area (TPSA) is 78.8 Å². The molecule has 0 aliphatic carbocycles. The van der Waals surface area contributed by atoms with E-state index < -0.39 is 6.10 Å². The predicted octanol–water partition coefficient (Wildman–Crippen LogP) is 2.32. The molecule has 33 heavy (non-hydrogen) atoms. The van der Waals surface area contributed by atoms with Crippen molar-refractivity contribution in [3.05, 3.63) is 89.0 Å². The first kappa shape index (κ1) is 21.6. The van der Waals surface area contributed by atoms with Gasteiger partial charge < -0.3 is 14.7 Å². The van der Waals surface area contributed by atoms with Crippen molar-refractivity contribution in [2.75, 3.05) is 32.8 Å². The van der Waals surface area contributed by atoms with Gasteiger partial charge >= 0.3 is 0 Å². The lowest BCUT2D eigenvalue weighted by molar-refractivity contribution is 0.0501. The zero-order valence-corrected chi connectivity index (χ0v) is 18.6. The van der Waals surface area contributed by atoms with Crippen LogP contribution in [0.25, 0.3) is 0 Å². The third kappa shape index (κ3) is 5.05. The molecule has 7 nitrogen and oxygen atoms in total. The molecule has 1 aromatic heterocycles. The number of fused-ring (bicyclic) bond motifs is 2. The van der Waals surface area contributed by atoms with Gasteiger partial charge in [-0.2, -0.15) is 0 Å². The zero-order chi connectivity index (χ0) is 22.6. The minimum atomic E-state index is -0.622. The third-order valence-corrected chi connectivity index (χ3v) is 6.29. The molecule has 170 valence electrons. The maximum absolute atomic E-state index is 13.3. The Morgan fingerprint density at radius 2 is 1.94 bits per heavy atom. The molecule has 3 heterocycles. The minimum absolute atomic E-state index is 0.105. The second-order valence-corrected chi connectivity index (χ2v) is 8.71. The number of hydrogen-bond donors (Lipinski definition) is 1. The Morgan fingerprint density at radius 1 is 1.06 bits per heavy atom. The molecule has 7 heteroatoms. The van der Waals surface area contributed by atoms with E-state index in [0.29, 0.717) is 37.4 Å². The lowest BCUT2D eigenvalue weighted by Gasteiger charge is -2.32. The molecule has 3 aromatic rings. The molecule has 2 aliphatic rings. The molecule has 1 atom stereocenters. The highest BCUT2D eigenvalue weighted by molar-refractivity contribution is 5.97. The smallest absolute Gasteiger partial charge is 0.257 e. The molecule has 2 aromatic carbocycles. The first-order valence-corrected chi connectivity index (χ1v) is 11.4. The van der Waals surface area contributed by atoms with Crippen molar-refractivity contribution >= 4 is 5.91 Å². The van der Waals surface area contributed by atoms with E-state index in [-0.39, 0.29) is 12.5 Å². The quantitative estimate of drug-likeness (QED) is 0.629. The van der Waals surface area contributed by atoms with Crippen LogP contribution in [-0.4, -0.2) is 69.7 Å². The van der Waals surface area contributed by atoms with Crippen molar-refractivity contribution in [2.45, 2.75) is 25.5 Å². The van der Waals surface area contributed by atoms with Gasteiger partial charge in [-0.3, -0.25) is 19.7 Å². The number of carbonyl (C=O) groups is 1. The predicted molar refractivity (Wildman–Crippen MR) is 124 cm³/mol. The van der Waals surface area contributed by atoms with Gasteiger partial charge in [0, 0.05) is 51.2 Å². The van der Waals surface area contributed by atoms with Crippen molar-refractivity contribution in [1.29, 1.82) is 0 Å². The van der Waals surface area contributed by atoms with E-state index in [2.05, 4.69) is 39.1 Å². The molecule has 0 bridgehead atoms. The molecule has 2 aliphatic heterocycles. The summed E-state index contributed by atoms with van der Waals surface area (Å²) in [5.74, 6) is 0.485. The van der Waals surface area contributed by atoms with Crippen LogP contribution in [0.5, 0.6) is 5.75 Å². The first-order chi connectivity index (χ1) is 16.2. The monoisotopic (exact) mass is 444 g/mol. The number of aliphatic hydroxyl groups excluding tert-OH is 1. The molecule has 0 saturated heterocycles. The fraction of sp³-hybridized carbons (Fsp3) is 0.346. The maximum Gasteiger partial charge on any atom is 0.257 e. The highest BCUT2D eigenvalue weighted by atomic mass is 16.5. The standard InChI is InChI=1S/C26H28N4O3/c31-23(17-29-10-7-20-3-1-2-4-21(20)16-29)18-30-11-12-33-25-6-5-19(14-24(25)26(30)32)13-22-15-27-8-9-28-22/h1-6,8-9,14-15,23,31H,7,10-13,16-18H2/t23-/m1/s1. The second-order valence-electron chi connectivity index (χ2n) is 8.71. The van der Waals surface area contributed by atoms with Crippen LogP contribution in [0.3, 0.4) is 0 Å². The number of benzene rings is 2. The summed E-state index contributed by atoms with van der Waals surface area (Å²) < 4.78 is 5.84. The van der Waals surface area contributed by atoms with Gasteiger partial charge in [0.2, 0.25) is 0 Å². The van der Waals surface area contributed by atoms with E-state index in [1.54, 1.807) is 23.5 Å². The van der Waals surface area contributed by atoms with Crippen molar-refractivity contribution in [1.82, 2.24) is 19.8 Å². The molecular formula is C26H28N4O3. The minimum Gasteiger partial charge on any atom is -0.491 e. The fourth-order valence-electron chi connectivity index (χ4n) is 4.64. The van der Waals surface area contributed by atoms with Crippen LogP contribution >= 0.6 is 0 Å². The van der Waals surface area contributed by atoms with E-state index in [4.69, 9.17) is 4.74 Å². The molecule has 0 spiro atoms. The van der Waals surface area contributed by atoms with Gasteiger partial charge in [-0.15, -0.1) is 0 Å². The molecule has 0 saturated carbocycles. The number of carbonyl (C=O) groups excluding carboxylic acids is 1. The Labute approximate surface area is 193 Å². The molecule has 0 unspecified atom stereocenters. The van der Waals surface area contributed by atoms with Crippen LogP contribution in [0, 0.1) is 0 Å². The lowest BCUT2D eigenvalue weighted by Crippen LogP contribution is -2.44. The van der Waals surface area contributed by atoms with Crippen LogP contribution in [0.2, 0.25) is 0 Å². The van der Waals surface area contributed by atoms with Crippen LogP contribution in [0.15, 0.2) is 61.1 Å². The van der Waals surface area contributed by atoms with Crippen molar-refractivity contribution in [3.8, 4) is 5.75 Å². The fourth-order valence-corrected chi connectivity index (χ4v) is 4.64. The first-order valence-electron chi connectivity index (χ1n) is 11.4. The highest BCUT2D eigenvalue weighted by Gasteiger charge is 2.27. The van der Waals surface area contributed by atoms with Gasteiger partial charge in [0.1, 0.15) is 12.4 Å². The van der Waals surface area contributed by atoms with Crippen LogP contribution in [0.4, 0.5) is 0 Å². The number of aromatic nitrogens is 2. The molecule has 0 fully saturated rings. The van der Waals surface area contributed by atoms with Gasteiger partial charge in [0.15, 0.2) is 0 Å². The summed E-state index contributed by atoms with van der Waals surface area (Å²) in [7, 11) is 0. The second kappa shape index (κ2) is 9.68. The number of nitrogens with zero attached hydrogens (tertiary/aromatic N) is 4. The third-order valence-electron chi connectivity index (χ3n) is 6.29. The summed E-state index contributed by atoms with van der Waals surface area (Å²) in [6.07, 6.45) is 5.99.